The first-order valence-electron chi connectivity index (χ1n) is 9.71. The zero-order chi connectivity index (χ0) is 21.3. The Labute approximate surface area is 172 Å². The lowest BCUT2D eigenvalue weighted by Gasteiger charge is -2.27. The van der Waals surface area contributed by atoms with Gasteiger partial charge in [-0.25, -0.2) is 8.42 Å². The first kappa shape index (κ1) is 21.3. The molecule has 7 heteroatoms. The lowest BCUT2D eigenvalue weighted by molar-refractivity contribution is 0.0303. The van der Waals surface area contributed by atoms with E-state index in [0.29, 0.717) is 37.6 Å². The predicted molar refractivity (Wildman–Crippen MR) is 114 cm³/mol. The van der Waals surface area contributed by atoms with E-state index < -0.39 is 10.0 Å². The molecule has 0 radical (unpaired) electrons. The molecule has 0 bridgehead atoms. The normalized spacial score (nSPS) is 14.7. The molecule has 0 saturated carbocycles. The van der Waals surface area contributed by atoms with Crippen LogP contribution < -0.4 is 4.72 Å². The molecule has 1 fully saturated rings. The van der Waals surface area contributed by atoms with Gasteiger partial charge in [-0.05, 0) is 74.6 Å². The number of para-hydroxylation sites is 1. The van der Waals surface area contributed by atoms with Crippen molar-refractivity contribution < 1.29 is 17.9 Å². The van der Waals surface area contributed by atoms with Crippen LogP contribution in [0.2, 0.25) is 0 Å². The summed E-state index contributed by atoms with van der Waals surface area (Å²) >= 11 is 0. The maximum Gasteiger partial charge on any atom is 0.262 e. The van der Waals surface area contributed by atoms with E-state index in [1.165, 1.54) is 0 Å². The summed E-state index contributed by atoms with van der Waals surface area (Å²) < 4.78 is 34.7. The monoisotopic (exact) mass is 416 g/mol. The second-order valence-corrected chi connectivity index (χ2v) is 9.13. The SMILES string of the molecule is Cc1c(C)c(C)c(S(=O)(=O)Nc2ccccc2C(=O)N2CCOCC2)c(C)c1C. The van der Waals surface area contributed by atoms with Crippen molar-refractivity contribution in [1.29, 1.82) is 0 Å². The van der Waals surface area contributed by atoms with Gasteiger partial charge in [0.15, 0.2) is 0 Å². The van der Waals surface area contributed by atoms with Gasteiger partial charge in [-0.2, -0.15) is 0 Å². The second-order valence-electron chi connectivity index (χ2n) is 7.51. The Morgan fingerprint density at radius 3 is 2.00 bits per heavy atom. The molecule has 1 saturated heterocycles. The highest BCUT2D eigenvalue weighted by molar-refractivity contribution is 7.92. The first-order chi connectivity index (χ1) is 13.6. The van der Waals surface area contributed by atoms with Gasteiger partial charge in [-0.15, -0.1) is 0 Å². The van der Waals surface area contributed by atoms with Crippen LogP contribution in [0.1, 0.15) is 38.2 Å². The largest absolute Gasteiger partial charge is 0.378 e. The molecule has 2 aromatic carbocycles. The first-order valence-corrected chi connectivity index (χ1v) is 11.2. The molecule has 1 amide bonds. The van der Waals surface area contributed by atoms with Gasteiger partial charge in [0, 0.05) is 13.1 Å². The summed E-state index contributed by atoms with van der Waals surface area (Å²) in [5.74, 6) is -0.198. The van der Waals surface area contributed by atoms with Crippen LogP contribution in [0.15, 0.2) is 29.2 Å². The summed E-state index contributed by atoms with van der Waals surface area (Å²) in [5.41, 5.74) is 5.12. The molecular formula is C22H28N2O4S. The van der Waals surface area contributed by atoms with E-state index in [1.807, 2.05) is 34.6 Å². The summed E-state index contributed by atoms with van der Waals surface area (Å²) in [4.78, 5) is 14.9. The molecule has 0 spiro atoms. The quantitative estimate of drug-likeness (QED) is 0.828. The molecule has 1 aliphatic heterocycles. The smallest absolute Gasteiger partial charge is 0.262 e. The Morgan fingerprint density at radius 1 is 0.897 bits per heavy atom. The second kappa shape index (κ2) is 8.16. The van der Waals surface area contributed by atoms with Crippen LogP contribution >= 0.6 is 0 Å². The van der Waals surface area contributed by atoms with Crippen LogP contribution in [0.4, 0.5) is 5.69 Å². The number of nitrogens with zero attached hydrogens (tertiary/aromatic N) is 1. The third-order valence-electron chi connectivity index (χ3n) is 5.90. The van der Waals surface area contributed by atoms with Gasteiger partial charge in [0.05, 0.1) is 29.4 Å². The van der Waals surface area contributed by atoms with Crippen LogP contribution in [-0.2, 0) is 14.8 Å². The maximum atomic E-state index is 13.4. The van der Waals surface area contributed by atoms with Crippen molar-refractivity contribution in [3.63, 3.8) is 0 Å². The summed E-state index contributed by atoms with van der Waals surface area (Å²) in [6, 6.07) is 6.74. The highest BCUT2D eigenvalue weighted by atomic mass is 32.2. The molecule has 29 heavy (non-hydrogen) atoms. The molecule has 3 rings (SSSR count). The Balaban J connectivity index is 2.02. The van der Waals surface area contributed by atoms with Gasteiger partial charge in [0.25, 0.3) is 15.9 Å². The summed E-state index contributed by atoms with van der Waals surface area (Å²) in [7, 11) is -3.87. The van der Waals surface area contributed by atoms with Gasteiger partial charge in [0.1, 0.15) is 0 Å². The molecule has 6 nitrogen and oxygen atoms in total. The number of sulfonamides is 1. The van der Waals surface area contributed by atoms with E-state index in [1.54, 1.807) is 29.2 Å². The molecule has 156 valence electrons. The van der Waals surface area contributed by atoms with Crippen LogP contribution in [0.3, 0.4) is 0 Å². The van der Waals surface area contributed by atoms with Crippen molar-refractivity contribution in [2.45, 2.75) is 39.5 Å². The van der Waals surface area contributed by atoms with Crippen LogP contribution in [-0.4, -0.2) is 45.5 Å². The minimum Gasteiger partial charge on any atom is -0.378 e. The van der Waals surface area contributed by atoms with Crippen molar-refractivity contribution in [2.75, 3.05) is 31.0 Å². The Bertz CT molecular complexity index is 1030. The molecule has 2 aromatic rings. The van der Waals surface area contributed by atoms with Crippen molar-refractivity contribution in [3.8, 4) is 0 Å². The molecule has 0 aliphatic carbocycles. The molecule has 0 unspecified atom stereocenters. The topological polar surface area (TPSA) is 75.7 Å². The predicted octanol–water partition coefficient (Wildman–Crippen LogP) is 3.50. The number of carbonyl (C=O) groups excluding carboxylic acids is 1. The number of hydrogen-bond acceptors (Lipinski definition) is 4. The summed E-state index contributed by atoms with van der Waals surface area (Å²) in [6.07, 6.45) is 0. The van der Waals surface area contributed by atoms with Gasteiger partial charge in [0.2, 0.25) is 0 Å². The van der Waals surface area contributed by atoms with Crippen molar-refractivity contribution >= 4 is 21.6 Å². The number of carbonyl (C=O) groups is 1. The highest BCUT2D eigenvalue weighted by Crippen LogP contribution is 2.31. The van der Waals surface area contributed by atoms with E-state index in [4.69, 9.17) is 4.74 Å². The average molecular weight is 417 g/mol. The number of hydrogen-bond donors (Lipinski definition) is 1. The van der Waals surface area contributed by atoms with Crippen LogP contribution in [0.25, 0.3) is 0 Å². The Kier molecular flexibility index (Phi) is 6.00. The third-order valence-corrected chi connectivity index (χ3v) is 7.54. The number of rotatable bonds is 4. The fourth-order valence-corrected chi connectivity index (χ4v) is 5.44. The molecular weight excluding hydrogens is 388 g/mol. The fraction of sp³-hybridized carbons (Fsp3) is 0.409. The molecule has 1 aliphatic rings. The number of amides is 1. The molecule has 1 N–H and O–H groups in total. The van der Waals surface area contributed by atoms with Gasteiger partial charge < -0.3 is 9.64 Å². The van der Waals surface area contributed by atoms with E-state index >= 15 is 0 Å². The van der Waals surface area contributed by atoms with Crippen molar-refractivity contribution in [1.82, 2.24) is 4.90 Å². The fourth-order valence-electron chi connectivity index (χ4n) is 3.76. The lowest BCUT2D eigenvalue weighted by atomic mass is 9.95. The van der Waals surface area contributed by atoms with E-state index in [9.17, 15) is 13.2 Å². The number of anilines is 1. The van der Waals surface area contributed by atoms with Gasteiger partial charge in [-0.1, -0.05) is 12.1 Å². The van der Waals surface area contributed by atoms with Crippen LogP contribution in [0.5, 0.6) is 0 Å². The molecule has 1 heterocycles. The minimum absolute atomic E-state index is 0.198. The van der Waals surface area contributed by atoms with E-state index in [0.717, 1.165) is 27.8 Å². The molecule has 0 atom stereocenters. The van der Waals surface area contributed by atoms with E-state index in [2.05, 4.69) is 4.72 Å². The average Bonchev–Trinajstić information content (AvgIpc) is 2.71. The maximum absolute atomic E-state index is 13.4. The zero-order valence-corrected chi connectivity index (χ0v) is 18.4. The van der Waals surface area contributed by atoms with Crippen molar-refractivity contribution in [3.05, 3.63) is 57.6 Å². The Hall–Kier alpha value is -2.38. The third kappa shape index (κ3) is 4.02. The lowest BCUT2D eigenvalue weighted by Crippen LogP contribution is -2.41. The van der Waals surface area contributed by atoms with Crippen LogP contribution in [0, 0.1) is 34.6 Å². The summed E-state index contributed by atoms with van der Waals surface area (Å²) in [5, 5.41) is 0. The Morgan fingerprint density at radius 2 is 1.41 bits per heavy atom. The molecule has 0 aromatic heterocycles. The van der Waals surface area contributed by atoms with Gasteiger partial charge >= 0.3 is 0 Å². The van der Waals surface area contributed by atoms with E-state index in [-0.39, 0.29) is 10.8 Å². The zero-order valence-electron chi connectivity index (χ0n) is 17.6. The summed E-state index contributed by atoms with van der Waals surface area (Å²) in [6.45, 7) is 11.5. The number of morpholine rings is 1. The minimum atomic E-state index is -3.87. The number of ether oxygens (including phenoxy) is 1. The standard InChI is InChI=1S/C22H28N2O4S/c1-14-15(2)17(4)21(18(5)16(14)3)29(26,27)23-20-9-7-6-8-19(20)22(25)24-10-12-28-13-11-24/h6-9,23H,10-13H2,1-5H3. The highest BCUT2D eigenvalue weighted by Gasteiger charge is 2.27. The van der Waals surface area contributed by atoms with Crippen molar-refractivity contribution in [2.24, 2.45) is 0 Å². The van der Waals surface area contributed by atoms with Gasteiger partial charge in [-0.3, -0.25) is 9.52 Å². The number of benzene rings is 2. The number of nitrogens with one attached hydrogen (secondary N) is 1.